The smallest absolute Gasteiger partial charge is 0.404 e. The molecule has 3 rings (SSSR count). The van der Waals surface area contributed by atoms with Gasteiger partial charge in [-0.3, -0.25) is 0 Å². The molecule has 0 saturated heterocycles. The van der Waals surface area contributed by atoms with Gasteiger partial charge in [0.25, 0.3) is 0 Å². The fourth-order valence-electron chi connectivity index (χ4n) is 2.16. The highest BCUT2D eigenvalue weighted by Crippen LogP contribution is 2.44. The minimum Gasteiger partial charge on any atom is -0.493 e. The monoisotopic (exact) mass is 333 g/mol. The molecule has 6 nitrogen and oxygen atoms in total. The van der Waals surface area contributed by atoms with E-state index in [1.165, 1.54) is 11.3 Å². The number of ether oxygens (including phenoxy) is 2. The Morgan fingerprint density at radius 1 is 1.30 bits per heavy atom. The van der Waals surface area contributed by atoms with Crippen LogP contribution in [-0.4, -0.2) is 24.2 Å². The van der Waals surface area contributed by atoms with Gasteiger partial charge in [-0.2, -0.15) is 0 Å². The molecule has 0 radical (unpaired) electrons. The number of thiazole rings is 1. The summed E-state index contributed by atoms with van der Waals surface area (Å²) in [5.41, 5.74) is 11.9. The molecule has 4 N–H and O–H groups in total. The molecule has 1 saturated carbocycles. The number of primary amides is 1. The Hall–Kier alpha value is -2.12. The predicted molar refractivity (Wildman–Crippen MR) is 88.1 cm³/mol. The number of hydrogen-bond donors (Lipinski definition) is 2. The molecule has 1 aromatic carbocycles. The summed E-state index contributed by atoms with van der Waals surface area (Å²) in [7, 11) is 0. The molecular weight excluding hydrogens is 314 g/mol. The van der Waals surface area contributed by atoms with Gasteiger partial charge in [0.15, 0.2) is 0 Å². The van der Waals surface area contributed by atoms with Crippen LogP contribution in [0.2, 0.25) is 0 Å². The summed E-state index contributed by atoms with van der Waals surface area (Å²) < 4.78 is 10.6. The van der Waals surface area contributed by atoms with Crippen molar-refractivity contribution in [2.24, 2.45) is 16.9 Å². The first kappa shape index (κ1) is 15.8. The zero-order chi connectivity index (χ0) is 16.3. The van der Waals surface area contributed by atoms with Crippen LogP contribution in [0.5, 0.6) is 5.75 Å². The molecule has 0 unspecified atom stereocenters. The number of hydrogen-bond acceptors (Lipinski definition) is 6. The van der Waals surface area contributed by atoms with Gasteiger partial charge in [0, 0.05) is 23.7 Å². The van der Waals surface area contributed by atoms with Crippen molar-refractivity contribution in [3.63, 3.8) is 0 Å². The second-order valence-electron chi connectivity index (χ2n) is 5.76. The van der Waals surface area contributed by atoms with Gasteiger partial charge in [-0.15, -0.1) is 11.3 Å². The lowest BCUT2D eigenvalue weighted by Crippen LogP contribution is -2.22. The maximum Gasteiger partial charge on any atom is 0.404 e. The number of rotatable bonds is 7. The van der Waals surface area contributed by atoms with Gasteiger partial charge in [-0.05, 0) is 37.1 Å². The van der Waals surface area contributed by atoms with Gasteiger partial charge >= 0.3 is 6.09 Å². The number of carbonyl (C=O) groups excluding carboxylic acids is 1. The lowest BCUT2D eigenvalue weighted by Gasteiger charge is -2.13. The Morgan fingerprint density at radius 3 is 2.65 bits per heavy atom. The first-order chi connectivity index (χ1) is 11.1. The van der Waals surface area contributed by atoms with E-state index in [4.69, 9.17) is 20.9 Å². The van der Waals surface area contributed by atoms with Gasteiger partial charge in [0.1, 0.15) is 17.4 Å². The third kappa shape index (κ3) is 4.00. The topological polar surface area (TPSA) is 100 Å². The van der Waals surface area contributed by atoms with Crippen LogP contribution in [0.25, 0.3) is 10.6 Å². The SMILES string of the molecule is NCC1(COc2ccc(-c3ncc(COC(N)=O)s3)cc2)CC1. The molecule has 7 heteroatoms. The number of aromatic nitrogens is 1. The highest BCUT2D eigenvalue weighted by molar-refractivity contribution is 7.15. The second kappa shape index (κ2) is 6.55. The molecular formula is C16H19N3O3S. The molecule has 1 amide bonds. The van der Waals surface area contributed by atoms with Crippen LogP contribution in [0.4, 0.5) is 4.79 Å². The van der Waals surface area contributed by atoms with Crippen molar-refractivity contribution < 1.29 is 14.3 Å². The zero-order valence-electron chi connectivity index (χ0n) is 12.7. The summed E-state index contributed by atoms with van der Waals surface area (Å²) in [6.45, 7) is 1.50. The molecule has 0 spiro atoms. The summed E-state index contributed by atoms with van der Waals surface area (Å²) in [6, 6.07) is 7.80. The Kier molecular flexibility index (Phi) is 4.49. The summed E-state index contributed by atoms with van der Waals surface area (Å²) in [5, 5.41) is 0.861. The molecule has 122 valence electrons. The molecule has 2 aromatic rings. The van der Waals surface area contributed by atoms with Crippen molar-refractivity contribution in [2.45, 2.75) is 19.4 Å². The van der Waals surface area contributed by atoms with Gasteiger partial charge in [0.05, 0.1) is 11.5 Å². The maximum atomic E-state index is 10.6. The van der Waals surface area contributed by atoms with E-state index in [1.807, 2.05) is 24.3 Å². The van der Waals surface area contributed by atoms with Crippen molar-refractivity contribution in [1.29, 1.82) is 0 Å². The second-order valence-corrected chi connectivity index (χ2v) is 6.87. The largest absolute Gasteiger partial charge is 0.493 e. The lowest BCUT2D eigenvalue weighted by molar-refractivity contribution is 0.151. The summed E-state index contributed by atoms with van der Waals surface area (Å²) >= 11 is 1.46. The quantitative estimate of drug-likeness (QED) is 0.811. The summed E-state index contributed by atoms with van der Waals surface area (Å²) in [6.07, 6.45) is 3.20. The van der Waals surface area contributed by atoms with Gasteiger partial charge in [-0.25, -0.2) is 9.78 Å². The third-order valence-electron chi connectivity index (χ3n) is 3.95. The first-order valence-electron chi connectivity index (χ1n) is 7.40. The molecule has 1 aromatic heterocycles. The number of nitrogens with two attached hydrogens (primary N) is 2. The third-order valence-corrected chi connectivity index (χ3v) is 4.97. The Morgan fingerprint density at radius 2 is 2.04 bits per heavy atom. The van der Waals surface area contributed by atoms with E-state index in [0.717, 1.165) is 34.0 Å². The van der Waals surface area contributed by atoms with Crippen molar-refractivity contribution in [1.82, 2.24) is 4.98 Å². The molecule has 1 heterocycles. The van der Waals surface area contributed by atoms with E-state index >= 15 is 0 Å². The fraction of sp³-hybridized carbons (Fsp3) is 0.375. The summed E-state index contributed by atoms with van der Waals surface area (Å²) in [5.74, 6) is 0.835. The maximum absolute atomic E-state index is 10.6. The zero-order valence-corrected chi connectivity index (χ0v) is 13.5. The number of benzene rings is 1. The molecule has 1 fully saturated rings. The molecule has 1 aliphatic carbocycles. The van der Waals surface area contributed by atoms with Gasteiger partial charge in [0.2, 0.25) is 0 Å². The minimum absolute atomic E-state index is 0.148. The van der Waals surface area contributed by atoms with E-state index in [-0.39, 0.29) is 12.0 Å². The predicted octanol–water partition coefficient (Wildman–Crippen LogP) is 2.52. The van der Waals surface area contributed by atoms with E-state index in [9.17, 15) is 4.79 Å². The van der Waals surface area contributed by atoms with Crippen LogP contribution in [0, 0.1) is 5.41 Å². The minimum atomic E-state index is -0.785. The standard InChI is InChI=1S/C16H19N3O3S/c17-9-16(5-6-16)10-22-12-3-1-11(2-4-12)14-19-7-13(23-14)8-21-15(18)20/h1-4,7H,5-6,8-10,17H2,(H2,18,20). The van der Waals surface area contributed by atoms with Crippen LogP contribution in [0.15, 0.2) is 30.5 Å². The highest BCUT2D eigenvalue weighted by Gasteiger charge is 2.42. The first-order valence-corrected chi connectivity index (χ1v) is 8.22. The molecule has 0 aliphatic heterocycles. The lowest BCUT2D eigenvalue weighted by atomic mass is 10.1. The average molecular weight is 333 g/mol. The van der Waals surface area contributed by atoms with Crippen LogP contribution in [0.1, 0.15) is 17.7 Å². The van der Waals surface area contributed by atoms with Gasteiger partial charge < -0.3 is 20.9 Å². The highest BCUT2D eigenvalue weighted by atomic mass is 32.1. The molecule has 0 atom stereocenters. The van der Waals surface area contributed by atoms with Crippen LogP contribution in [0.3, 0.4) is 0 Å². The number of carbonyl (C=O) groups is 1. The van der Waals surface area contributed by atoms with Crippen LogP contribution in [-0.2, 0) is 11.3 Å². The van der Waals surface area contributed by atoms with Crippen molar-refractivity contribution in [2.75, 3.05) is 13.2 Å². The van der Waals surface area contributed by atoms with Crippen molar-refractivity contribution >= 4 is 17.4 Å². The van der Waals surface area contributed by atoms with Crippen LogP contribution >= 0.6 is 11.3 Å². The Balaban J connectivity index is 1.59. The number of nitrogens with zero attached hydrogens (tertiary/aromatic N) is 1. The normalized spacial score (nSPS) is 15.2. The number of amides is 1. The average Bonchev–Trinajstić information content (AvgIpc) is 3.20. The van der Waals surface area contributed by atoms with Gasteiger partial charge in [-0.1, -0.05) is 0 Å². The van der Waals surface area contributed by atoms with E-state index < -0.39 is 6.09 Å². The molecule has 23 heavy (non-hydrogen) atoms. The van der Waals surface area contributed by atoms with Crippen LogP contribution < -0.4 is 16.2 Å². The fourth-order valence-corrected chi connectivity index (χ4v) is 3.00. The Labute approximate surface area is 138 Å². The Bertz CT molecular complexity index is 680. The molecule has 1 aliphatic rings. The van der Waals surface area contributed by atoms with Crippen molar-refractivity contribution in [3.05, 3.63) is 35.3 Å². The van der Waals surface area contributed by atoms with E-state index in [2.05, 4.69) is 4.98 Å². The van der Waals surface area contributed by atoms with E-state index in [0.29, 0.717) is 13.2 Å². The molecule has 0 bridgehead atoms. The summed E-state index contributed by atoms with van der Waals surface area (Å²) in [4.78, 5) is 15.8. The van der Waals surface area contributed by atoms with Crippen molar-refractivity contribution in [3.8, 4) is 16.3 Å². The van der Waals surface area contributed by atoms with E-state index in [1.54, 1.807) is 6.20 Å².